The molecule has 0 saturated carbocycles. The van der Waals surface area contributed by atoms with Crippen molar-refractivity contribution >= 4 is 19.2 Å². The summed E-state index contributed by atoms with van der Waals surface area (Å²) in [5.41, 5.74) is 4.93. The molecule has 0 saturated heterocycles. The Bertz CT molecular complexity index is 1670. The average molecular weight is 666 g/mol. The zero-order chi connectivity index (χ0) is 34.6. The van der Waals surface area contributed by atoms with Crippen molar-refractivity contribution in [1.29, 1.82) is 0 Å². The molecule has 2 unspecified atom stereocenters. The van der Waals surface area contributed by atoms with Gasteiger partial charge >= 0.3 is 5.97 Å². The number of ether oxygens (including phenoxy) is 1. The molecule has 2 N–H and O–H groups in total. The van der Waals surface area contributed by atoms with Gasteiger partial charge in [0, 0.05) is 18.7 Å². The molecule has 0 heterocycles. The second-order valence-electron chi connectivity index (χ2n) is 14.4. The molecule has 0 fully saturated rings. The van der Waals surface area contributed by atoms with Gasteiger partial charge in [-0.15, -0.1) is 0 Å². The van der Waals surface area contributed by atoms with E-state index < -0.39 is 24.8 Å². The fraction of sp³-hybridized carbons (Fsp3) is 0.366. The number of hydrogen-bond donors (Lipinski definition) is 2. The van der Waals surface area contributed by atoms with Crippen molar-refractivity contribution in [1.82, 2.24) is 5.32 Å². The van der Waals surface area contributed by atoms with E-state index in [1.165, 1.54) is 11.1 Å². The molecule has 6 nitrogen and oxygen atoms in total. The van der Waals surface area contributed by atoms with Crippen LogP contribution in [-0.4, -0.2) is 29.5 Å². The maximum absolute atomic E-state index is 13.9. The number of rotatable bonds is 13. The first-order valence-corrected chi connectivity index (χ1v) is 18.9. The molecule has 0 radical (unpaired) electrons. The van der Waals surface area contributed by atoms with E-state index in [2.05, 4.69) is 45.1 Å². The second-order valence-corrected chi connectivity index (χ2v) is 16.8. The average Bonchev–Trinajstić information content (AvgIpc) is 3.25. The molecule has 252 valence electrons. The van der Waals surface area contributed by atoms with E-state index in [1.807, 2.05) is 97.1 Å². The Hall–Kier alpha value is -3.99. The summed E-state index contributed by atoms with van der Waals surface area (Å²) in [5.74, 6) is -1.75. The summed E-state index contributed by atoms with van der Waals surface area (Å²) in [5, 5.41) is 3.32. The van der Waals surface area contributed by atoms with Crippen molar-refractivity contribution in [2.75, 3.05) is 12.8 Å². The molecular weight excluding hydrogens is 617 g/mol. The highest BCUT2D eigenvalue weighted by Crippen LogP contribution is 2.52. The minimum absolute atomic E-state index is 0.0279. The summed E-state index contributed by atoms with van der Waals surface area (Å²) in [6, 6.07) is 35.5. The van der Waals surface area contributed by atoms with Crippen LogP contribution in [0.4, 0.5) is 0 Å². The van der Waals surface area contributed by atoms with E-state index in [9.17, 15) is 19.0 Å². The monoisotopic (exact) mass is 665 g/mol. The predicted octanol–water partition coefficient (Wildman–Crippen LogP) is 8.48. The quantitative estimate of drug-likeness (QED) is 0.0849. The van der Waals surface area contributed by atoms with E-state index in [4.69, 9.17) is 4.74 Å². The molecule has 5 rings (SSSR count). The van der Waals surface area contributed by atoms with E-state index >= 15 is 0 Å². The molecule has 0 bridgehead atoms. The Labute approximate surface area is 285 Å². The fourth-order valence-electron chi connectivity index (χ4n) is 7.73. The summed E-state index contributed by atoms with van der Waals surface area (Å²) in [4.78, 5) is 38.4. The van der Waals surface area contributed by atoms with Gasteiger partial charge in [0.15, 0.2) is 0 Å². The number of carbonyl (C=O) groups excluding carboxylic acids is 2. The topological polar surface area (TPSA) is 92.7 Å². The molecule has 2 atom stereocenters. The van der Waals surface area contributed by atoms with Gasteiger partial charge in [0.1, 0.15) is 5.54 Å². The Morgan fingerprint density at radius 3 is 1.81 bits per heavy atom. The first-order valence-electron chi connectivity index (χ1n) is 16.9. The normalized spacial score (nSPS) is 16.7. The largest absolute Gasteiger partial charge is 0.466 e. The van der Waals surface area contributed by atoms with Crippen molar-refractivity contribution in [3.63, 3.8) is 0 Å². The van der Waals surface area contributed by atoms with Crippen LogP contribution in [0.3, 0.4) is 0 Å². The lowest BCUT2D eigenvalue weighted by Gasteiger charge is -2.37. The lowest BCUT2D eigenvalue weighted by molar-refractivity contribution is -0.147. The Morgan fingerprint density at radius 1 is 0.812 bits per heavy atom. The first kappa shape index (κ1) is 35.3. The number of hydrogen-bond acceptors (Lipinski definition) is 4. The molecule has 1 aliphatic carbocycles. The highest BCUT2D eigenvalue weighted by atomic mass is 31.2. The standard InChI is InChI=1S/C41H48NO5P/c1-6-47-38(44)31(28-48(45,46)27-30-22-24-35-36(26-30)40(4,5)29-39(35,2)3)23-25-37(43)42-41(32-16-10-7-11-17-32,33-18-12-8-13-19-33)34-20-14-9-15-21-34/h7-22,24,26,31H,6,23,25,27-29H2,1-5H3,(H,42,43)(H,45,46). The summed E-state index contributed by atoms with van der Waals surface area (Å²) in [6.45, 7) is 10.8. The van der Waals surface area contributed by atoms with Gasteiger partial charge in [0.05, 0.1) is 12.5 Å². The summed E-state index contributed by atoms with van der Waals surface area (Å²) in [6.07, 6.45) is 0.752. The molecule has 48 heavy (non-hydrogen) atoms. The molecule has 0 aromatic heterocycles. The molecule has 1 aliphatic rings. The number of nitrogens with one attached hydrogen (secondary N) is 1. The maximum Gasteiger partial charge on any atom is 0.309 e. The van der Waals surface area contributed by atoms with Gasteiger partial charge in [-0.1, -0.05) is 137 Å². The van der Waals surface area contributed by atoms with Gasteiger partial charge in [0.2, 0.25) is 13.3 Å². The van der Waals surface area contributed by atoms with Crippen LogP contribution < -0.4 is 5.32 Å². The predicted molar refractivity (Wildman–Crippen MR) is 192 cm³/mol. The molecular formula is C41H48NO5P. The summed E-state index contributed by atoms with van der Waals surface area (Å²) in [7, 11) is -3.82. The highest BCUT2D eigenvalue weighted by molar-refractivity contribution is 7.57. The molecule has 4 aromatic carbocycles. The number of amides is 1. The molecule has 0 aliphatic heterocycles. The minimum atomic E-state index is -3.82. The van der Waals surface area contributed by atoms with Crippen LogP contribution in [-0.2, 0) is 41.4 Å². The Balaban J connectivity index is 1.38. The first-order chi connectivity index (χ1) is 22.8. The van der Waals surface area contributed by atoms with Gasteiger partial charge in [-0.3, -0.25) is 14.2 Å². The van der Waals surface area contributed by atoms with E-state index in [1.54, 1.807) is 6.92 Å². The van der Waals surface area contributed by atoms with E-state index in [0.717, 1.165) is 28.7 Å². The van der Waals surface area contributed by atoms with E-state index in [0.29, 0.717) is 0 Å². The van der Waals surface area contributed by atoms with Crippen LogP contribution in [0, 0.1) is 5.92 Å². The SMILES string of the molecule is CCOC(=O)C(CCC(=O)NC(c1ccccc1)(c1ccccc1)c1ccccc1)CP(=O)(O)Cc1ccc2c(c1)C(C)(C)CC2(C)C. The van der Waals surface area contributed by atoms with E-state index in [-0.39, 0.29) is 48.5 Å². The zero-order valence-corrected chi connectivity index (χ0v) is 29.6. The zero-order valence-electron chi connectivity index (χ0n) is 28.7. The fourth-order valence-corrected chi connectivity index (χ4v) is 9.65. The number of carbonyl (C=O) groups is 2. The summed E-state index contributed by atoms with van der Waals surface area (Å²) < 4.78 is 19.1. The molecule has 7 heteroatoms. The third kappa shape index (κ3) is 7.66. The van der Waals surface area contributed by atoms with Gasteiger partial charge in [0.25, 0.3) is 0 Å². The van der Waals surface area contributed by atoms with Crippen LogP contribution >= 0.6 is 7.37 Å². The summed E-state index contributed by atoms with van der Waals surface area (Å²) >= 11 is 0. The molecule has 4 aromatic rings. The van der Waals surface area contributed by atoms with Crippen molar-refractivity contribution in [3.8, 4) is 0 Å². The van der Waals surface area contributed by atoms with Crippen LogP contribution in [0.25, 0.3) is 0 Å². The third-order valence-electron chi connectivity index (χ3n) is 9.65. The molecule has 0 spiro atoms. The lowest BCUT2D eigenvalue weighted by atomic mass is 9.77. The third-order valence-corrected chi connectivity index (χ3v) is 11.5. The van der Waals surface area contributed by atoms with Crippen LogP contribution in [0.2, 0.25) is 0 Å². The van der Waals surface area contributed by atoms with Crippen molar-refractivity contribution < 1.29 is 23.8 Å². The molecule has 1 amide bonds. The van der Waals surface area contributed by atoms with Crippen LogP contribution in [0.5, 0.6) is 0 Å². The Kier molecular flexibility index (Phi) is 10.5. The van der Waals surface area contributed by atoms with Gasteiger partial charge in [-0.25, -0.2) is 0 Å². The minimum Gasteiger partial charge on any atom is -0.466 e. The van der Waals surface area contributed by atoms with Crippen LogP contribution in [0.15, 0.2) is 109 Å². The number of fused-ring (bicyclic) bond motifs is 1. The number of benzene rings is 4. The second kappa shape index (κ2) is 14.2. The van der Waals surface area contributed by atoms with Crippen molar-refractivity contribution in [2.24, 2.45) is 5.92 Å². The Morgan fingerprint density at radius 2 is 1.31 bits per heavy atom. The van der Waals surface area contributed by atoms with Gasteiger partial charge < -0.3 is 14.9 Å². The lowest BCUT2D eigenvalue weighted by Crippen LogP contribution is -2.48. The maximum atomic E-state index is 13.9. The van der Waals surface area contributed by atoms with Gasteiger partial charge in [-0.05, 0) is 64.0 Å². The van der Waals surface area contributed by atoms with Gasteiger partial charge in [-0.2, -0.15) is 0 Å². The van der Waals surface area contributed by atoms with Crippen LogP contribution in [0.1, 0.15) is 87.3 Å². The van der Waals surface area contributed by atoms with Crippen molar-refractivity contribution in [2.45, 2.75) is 76.4 Å². The highest BCUT2D eigenvalue weighted by Gasteiger charge is 2.42. The smallest absolute Gasteiger partial charge is 0.309 e. The number of esters is 1. The van der Waals surface area contributed by atoms with Crippen molar-refractivity contribution in [3.05, 3.63) is 143 Å².